The summed E-state index contributed by atoms with van der Waals surface area (Å²) in [6.45, 7) is 5.51. The third-order valence-corrected chi connectivity index (χ3v) is 7.07. The normalized spacial score (nSPS) is 12.8. The van der Waals surface area contributed by atoms with E-state index < -0.39 is 0 Å². The Hall–Kier alpha value is -2.49. The van der Waals surface area contributed by atoms with Crippen LogP contribution in [0.25, 0.3) is 0 Å². The largest absolute Gasteiger partial charge is 0.356 e. The fraction of sp³-hybridized carbons (Fsp3) is 0.844. The van der Waals surface area contributed by atoms with Gasteiger partial charge in [-0.15, -0.1) is 0 Å². The second-order valence-electron chi connectivity index (χ2n) is 11.3. The minimum atomic E-state index is 0.0770. The Morgan fingerprint density at radius 3 is 1.43 bits per heavy atom. The maximum Gasteiger partial charge on any atom is 0.219 e. The molecule has 0 aromatic carbocycles. The zero-order chi connectivity index (χ0) is 31.1. The summed E-state index contributed by atoms with van der Waals surface area (Å²) in [4.78, 5) is 56.8. The van der Waals surface area contributed by atoms with Gasteiger partial charge in [-0.2, -0.15) is 0 Å². The number of rotatable bonds is 24. The van der Waals surface area contributed by atoms with Crippen molar-refractivity contribution in [1.29, 1.82) is 0 Å². The van der Waals surface area contributed by atoms with Gasteiger partial charge in [0.05, 0.1) is 0 Å². The summed E-state index contributed by atoms with van der Waals surface area (Å²) in [6, 6.07) is 0. The fourth-order valence-corrected chi connectivity index (χ4v) is 4.47. The van der Waals surface area contributed by atoms with Crippen LogP contribution < -0.4 is 26.6 Å². The monoisotopic (exact) mass is 595 g/mol. The van der Waals surface area contributed by atoms with E-state index in [1.807, 2.05) is 7.05 Å². The molecule has 1 fully saturated rings. The van der Waals surface area contributed by atoms with Crippen molar-refractivity contribution in [2.24, 2.45) is 0 Å². The molecule has 1 saturated heterocycles. The molecule has 244 valence electrons. The lowest BCUT2D eigenvalue weighted by Crippen LogP contribution is -2.25. The lowest BCUT2D eigenvalue weighted by molar-refractivity contribution is -0.122. The summed E-state index contributed by atoms with van der Waals surface area (Å²) in [7, 11) is 1.94. The van der Waals surface area contributed by atoms with Crippen LogP contribution in [-0.4, -0.2) is 69.2 Å². The molecule has 1 heterocycles. The lowest BCUT2D eigenvalue weighted by Gasteiger charge is -2.07. The van der Waals surface area contributed by atoms with Crippen LogP contribution in [0.15, 0.2) is 0 Å². The molecular formula is C32H61N5O5. The first kappa shape index (κ1) is 39.5. The van der Waals surface area contributed by atoms with Crippen LogP contribution in [0.5, 0.6) is 0 Å². The van der Waals surface area contributed by atoms with E-state index in [0.717, 1.165) is 109 Å². The van der Waals surface area contributed by atoms with Crippen molar-refractivity contribution in [1.82, 2.24) is 26.6 Å². The Balaban J connectivity index is 0.00000179. The topological polar surface area (TPSA) is 146 Å². The van der Waals surface area contributed by atoms with Crippen molar-refractivity contribution >= 4 is 29.4 Å². The number of nitrogens with one attached hydrogen (secondary N) is 5. The van der Waals surface area contributed by atoms with Gasteiger partial charge in [0.25, 0.3) is 0 Å². The second kappa shape index (κ2) is 30.0. The molecule has 10 heteroatoms. The molecule has 0 bridgehead atoms. The average Bonchev–Trinajstić information content (AvgIpc) is 3.21. The van der Waals surface area contributed by atoms with Crippen molar-refractivity contribution < 1.29 is 24.0 Å². The van der Waals surface area contributed by atoms with Crippen molar-refractivity contribution in [2.75, 3.05) is 39.8 Å². The Labute approximate surface area is 255 Å². The summed E-state index contributed by atoms with van der Waals surface area (Å²) >= 11 is 0. The molecule has 0 aromatic heterocycles. The molecule has 0 aromatic rings. The Kier molecular flexibility index (Phi) is 28.2. The molecule has 0 unspecified atom stereocenters. The van der Waals surface area contributed by atoms with Gasteiger partial charge in [-0.05, 0) is 84.7 Å². The first-order valence-electron chi connectivity index (χ1n) is 16.6. The molecule has 42 heavy (non-hydrogen) atoms. The van der Waals surface area contributed by atoms with Gasteiger partial charge in [-0.3, -0.25) is 19.2 Å². The van der Waals surface area contributed by atoms with Crippen LogP contribution in [0, 0.1) is 0 Å². The number of hydrogen-bond acceptors (Lipinski definition) is 6. The van der Waals surface area contributed by atoms with Gasteiger partial charge in [0, 0.05) is 58.3 Å². The van der Waals surface area contributed by atoms with Crippen LogP contribution in [-0.2, 0) is 24.0 Å². The molecule has 1 aliphatic rings. The number of hydrogen-bond donors (Lipinski definition) is 5. The fourth-order valence-electron chi connectivity index (χ4n) is 4.47. The van der Waals surface area contributed by atoms with Crippen LogP contribution in [0.3, 0.4) is 0 Å². The van der Waals surface area contributed by atoms with Gasteiger partial charge in [-0.1, -0.05) is 32.1 Å². The number of ketones is 1. The third kappa shape index (κ3) is 30.5. The predicted molar refractivity (Wildman–Crippen MR) is 169 cm³/mol. The third-order valence-electron chi connectivity index (χ3n) is 7.07. The van der Waals surface area contributed by atoms with Crippen LogP contribution in [0.2, 0.25) is 0 Å². The minimum absolute atomic E-state index is 0.0770. The smallest absolute Gasteiger partial charge is 0.219 e. The highest BCUT2D eigenvalue weighted by atomic mass is 16.2. The van der Waals surface area contributed by atoms with E-state index in [2.05, 4.69) is 26.6 Å². The molecule has 1 rings (SSSR count). The van der Waals surface area contributed by atoms with Gasteiger partial charge in [0.2, 0.25) is 23.6 Å². The van der Waals surface area contributed by atoms with E-state index in [1.165, 1.54) is 6.42 Å². The zero-order valence-electron chi connectivity index (χ0n) is 26.7. The first-order chi connectivity index (χ1) is 20.3. The summed E-state index contributed by atoms with van der Waals surface area (Å²) in [5.41, 5.74) is 0. The van der Waals surface area contributed by atoms with E-state index in [9.17, 15) is 24.0 Å². The number of carbonyl (C=O) groups excluding carboxylic acids is 5. The van der Waals surface area contributed by atoms with E-state index >= 15 is 0 Å². The molecule has 4 amide bonds. The lowest BCUT2D eigenvalue weighted by atomic mass is 10.1. The molecule has 0 atom stereocenters. The predicted octanol–water partition coefficient (Wildman–Crippen LogP) is 4.06. The van der Waals surface area contributed by atoms with Crippen molar-refractivity contribution in [3.8, 4) is 0 Å². The van der Waals surface area contributed by atoms with E-state index in [0.29, 0.717) is 45.3 Å². The molecule has 0 radical (unpaired) electrons. The number of unbranched alkanes of at least 4 members (excludes halogenated alkanes) is 8. The number of carbonyl (C=O) groups is 5. The van der Waals surface area contributed by atoms with Crippen LogP contribution in [0.1, 0.15) is 135 Å². The van der Waals surface area contributed by atoms with Crippen molar-refractivity contribution in [3.05, 3.63) is 0 Å². The highest BCUT2D eigenvalue weighted by molar-refractivity contribution is 5.77. The van der Waals surface area contributed by atoms with E-state index in [4.69, 9.17) is 0 Å². The molecule has 1 aliphatic heterocycles. The van der Waals surface area contributed by atoms with Crippen molar-refractivity contribution in [3.63, 3.8) is 0 Å². The van der Waals surface area contributed by atoms with Crippen LogP contribution >= 0.6 is 0 Å². The molecule has 10 nitrogen and oxygen atoms in total. The average molecular weight is 596 g/mol. The highest BCUT2D eigenvalue weighted by Gasteiger charge is 2.05. The van der Waals surface area contributed by atoms with Gasteiger partial charge in [-0.25, -0.2) is 0 Å². The molecule has 0 aliphatic carbocycles. The van der Waals surface area contributed by atoms with Gasteiger partial charge >= 0.3 is 0 Å². The molecule has 5 N–H and O–H groups in total. The number of amides is 4. The SMILES string of the molecule is CNCCCCCC(=O)NCCCCCC(=O)NCCCCCC(=O)NCCCCCC(C)=O.O=C1CCCCCN1. The standard InChI is InChI=1S/C26H50N4O4.C6H11NO/c1-23(31)15-7-3-12-20-28-25(33)17-9-5-14-22-30-26(34)18-10-6-13-21-29-24(32)16-8-4-11-19-27-2;8-6-4-2-1-3-5-7-6/h27H,3-22H2,1-2H3,(H,28,33)(H,29,32)(H,30,34);1-5H2,(H,7,8). The molecular weight excluding hydrogens is 534 g/mol. The van der Waals surface area contributed by atoms with Crippen LogP contribution in [0.4, 0.5) is 0 Å². The summed E-state index contributed by atoms with van der Waals surface area (Å²) < 4.78 is 0. The van der Waals surface area contributed by atoms with E-state index in [1.54, 1.807) is 6.92 Å². The van der Waals surface area contributed by atoms with Crippen molar-refractivity contribution in [2.45, 2.75) is 135 Å². The second-order valence-corrected chi connectivity index (χ2v) is 11.3. The summed E-state index contributed by atoms with van der Waals surface area (Å²) in [5, 5.41) is 14.7. The minimum Gasteiger partial charge on any atom is -0.356 e. The summed E-state index contributed by atoms with van der Waals surface area (Å²) in [6.07, 6.45) is 17.6. The Bertz CT molecular complexity index is 722. The number of Topliss-reactive ketones (excluding diaryl/α,β-unsaturated/α-hetero) is 1. The van der Waals surface area contributed by atoms with Gasteiger partial charge < -0.3 is 31.4 Å². The quantitative estimate of drug-likeness (QED) is 0.106. The maximum atomic E-state index is 11.9. The highest BCUT2D eigenvalue weighted by Crippen LogP contribution is 2.04. The molecule has 0 spiro atoms. The summed E-state index contributed by atoms with van der Waals surface area (Å²) in [5.74, 6) is 0.729. The van der Waals surface area contributed by atoms with Gasteiger partial charge in [0.15, 0.2) is 0 Å². The van der Waals surface area contributed by atoms with E-state index in [-0.39, 0.29) is 29.4 Å². The molecule has 0 saturated carbocycles. The Morgan fingerprint density at radius 1 is 0.571 bits per heavy atom. The first-order valence-corrected chi connectivity index (χ1v) is 16.6. The zero-order valence-corrected chi connectivity index (χ0v) is 26.7. The van der Waals surface area contributed by atoms with Gasteiger partial charge in [0.1, 0.15) is 5.78 Å². The Morgan fingerprint density at radius 2 is 1.00 bits per heavy atom. The maximum absolute atomic E-state index is 11.9.